The zero-order valence-electron chi connectivity index (χ0n) is 18.4. The summed E-state index contributed by atoms with van der Waals surface area (Å²) < 4.78 is 11.2. The van der Waals surface area contributed by atoms with Crippen LogP contribution in [-0.4, -0.2) is 80.9 Å². The molecule has 0 bridgehead atoms. The minimum Gasteiger partial charge on any atom is -0.465 e. The maximum Gasteiger partial charge on any atom is 0.325 e. The molecular formula is C25H33N3O3. The number of hydrogen-bond donors (Lipinski definition) is 0. The number of hydrogen-bond acceptors (Lipinski definition) is 6. The second kappa shape index (κ2) is 10.8. The van der Waals surface area contributed by atoms with E-state index < -0.39 is 0 Å². The monoisotopic (exact) mass is 423 g/mol. The van der Waals surface area contributed by atoms with E-state index in [9.17, 15) is 4.79 Å². The molecule has 31 heavy (non-hydrogen) atoms. The van der Waals surface area contributed by atoms with Crippen LogP contribution < -0.4 is 4.90 Å². The van der Waals surface area contributed by atoms with E-state index in [1.807, 2.05) is 13.0 Å². The van der Waals surface area contributed by atoms with Gasteiger partial charge >= 0.3 is 5.97 Å². The smallest absolute Gasteiger partial charge is 0.325 e. The van der Waals surface area contributed by atoms with Gasteiger partial charge in [0.05, 0.1) is 25.9 Å². The van der Waals surface area contributed by atoms with Crippen LogP contribution in [0, 0.1) is 0 Å². The van der Waals surface area contributed by atoms with Gasteiger partial charge in [0, 0.05) is 45.0 Å². The normalized spacial score (nSPS) is 20.2. The molecule has 0 radical (unpaired) electrons. The van der Waals surface area contributed by atoms with Crippen molar-refractivity contribution in [2.45, 2.75) is 19.0 Å². The molecule has 0 spiro atoms. The van der Waals surface area contributed by atoms with Gasteiger partial charge in [0.2, 0.25) is 0 Å². The van der Waals surface area contributed by atoms with Crippen molar-refractivity contribution < 1.29 is 14.3 Å². The van der Waals surface area contributed by atoms with Crippen LogP contribution in [0.1, 0.15) is 18.5 Å². The predicted molar refractivity (Wildman–Crippen MR) is 122 cm³/mol. The summed E-state index contributed by atoms with van der Waals surface area (Å²) in [4.78, 5) is 20.4. The molecule has 2 fully saturated rings. The SMILES string of the molecule is CCOC(=O)[C@H]([C@H](c1ccccc1)N1CCN(c2ccccc2)CC1)N1CCOCC1. The van der Waals surface area contributed by atoms with Gasteiger partial charge in [-0.1, -0.05) is 48.5 Å². The Bertz CT molecular complexity index is 803. The van der Waals surface area contributed by atoms with E-state index in [4.69, 9.17) is 9.47 Å². The third-order valence-electron chi connectivity index (χ3n) is 6.24. The Morgan fingerprint density at radius 2 is 1.48 bits per heavy atom. The number of anilines is 1. The molecule has 0 aliphatic carbocycles. The third kappa shape index (κ3) is 5.26. The number of para-hydroxylation sites is 1. The van der Waals surface area contributed by atoms with E-state index in [0.29, 0.717) is 19.8 Å². The lowest BCUT2D eigenvalue weighted by Gasteiger charge is -2.45. The molecule has 0 saturated carbocycles. The summed E-state index contributed by atoms with van der Waals surface area (Å²) in [6, 6.07) is 20.6. The lowest BCUT2D eigenvalue weighted by Crippen LogP contribution is -2.57. The summed E-state index contributed by atoms with van der Waals surface area (Å²) >= 11 is 0. The Labute approximate surface area is 185 Å². The fourth-order valence-electron chi connectivity index (χ4n) is 4.70. The minimum atomic E-state index is -0.338. The lowest BCUT2D eigenvalue weighted by molar-refractivity contribution is -0.155. The van der Waals surface area contributed by atoms with E-state index in [1.54, 1.807) is 0 Å². The zero-order valence-corrected chi connectivity index (χ0v) is 18.4. The summed E-state index contributed by atoms with van der Waals surface area (Å²) in [7, 11) is 0. The average molecular weight is 424 g/mol. The Morgan fingerprint density at radius 3 is 2.10 bits per heavy atom. The number of benzene rings is 2. The summed E-state index contributed by atoms with van der Waals surface area (Å²) in [6.45, 7) is 8.74. The number of rotatable bonds is 7. The van der Waals surface area contributed by atoms with Crippen LogP contribution in [0.5, 0.6) is 0 Å². The highest BCUT2D eigenvalue weighted by atomic mass is 16.5. The molecule has 0 amide bonds. The second-order valence-corrected chi connectivity index (χ2v) is 8.06. The molecular weight excluding hydrogens is 390 g/mol. The van der Waals surface area contributed by atoms with Gasteiger partial charge in [0.1, 0.15) is 6.04 Å². The quantitative estimate of drug-likeness (QED) is 0.638. The van der Waals surface area contributed by atoms with Crippen LogP contribution in [0.4, 0.5) is 5.69 Å². The topological polar surface area (TPSA) is 45.2 Å². The van der Waals surface area contributed by atoms with Crippen molar-refractivity contribution in [1.29, 1.82) is 0 Å². The van der Waals surface area contributed by atoms with E-state index in [1.165, 1.54) is 11.3 Å². The van der Waals surface area contributed by atoms with Gasteiger partial charge in [-0.25, -0.2) is 0 Å². The van der Waals surface area contributed by atoms with Crippen LogP contribution in [-0.2, 0) is 14.3 Å². The largest absolute Gasteiger partial charge is 0.465 e. The third-order valence-corrected chi connectivity index (χ3v) is 6.24. The average Bonchev–Trinajstić information content (AvgIpc) is 2.84. The maximum atomic E-state index is 13.2. The molecule has 6 nitrogen and oxygen atoms in total. The van der Waals surface area contributed by atoms with Crippen molar-refractivity contribution in [3.05, 3.63) is 66.2 Å². The lowest BCUT2D eigenvalue weighted by atomic mass is 9.95. The molecule has 4 rings (SSSR count). The molecule has 2 heterocycles. The van der Waals surface area contributed by atoms with Crippen LogP contribution in [0.2, 0.25) is 0 Å². The van der Waals surface area contributed by atoms with Gasteiger partial charge in [-0.15, -0.1) is 0 Å². The molecule has 2 atom stereocenters. The van der Waals surface area contributed by atoms with E-state index in [0.717, 1.165) is 39.3 Å². The standard InChI is InChI=1S/C25H33N3O3/c1-2-31-25(29)24(28-17-19-30-20-18-28)23(21-9-5-3-6-10-21)27-15-13-26(14-16-27)22-11-7-4-8-12-22/h3-12,23-24H,2,13-20H2,1H3/t23-,24-/m0/s1. The molecule has 2 saturated heterocycles. The molecule has 2 aliphatic rings. The molecule has 166 valence electrons. The van der Waals surface area contributed by atoms with Crippen molar-refractivity contribution in [3.63, 3.8) is 0 Å². The first-order chi connectivity index (χ1) is 15.3. The van der Waals surface area contributed by atoms with E-state index in [-0.39, 0.29) is 18.1 Å². The first kappa shape index (κ1) is 21.8. The van der Waals surface area contributed by atoms with Crippen LogP contribution in [0.15, 0.2) is 60.7 Å². The van der Waals surface area contributed by atoms with Crippen molar-refractivity contribution in [1.82, 2.24) is 9.80 Å². The number of nitrogens with zero attached hydrogens (tertiary/aromatic N) is 3. The molecule has 0 aromatic heterocycles. The highest BCUT2D eigenvalue weighted by Gasteiger charge is 2.40. The van der Waals surface area contributed by atoms with Gasteiger partial charge in [-0.3, -0.25) is 14.6 Å². The molecule has 2 aromatic carbocycles. The Hall–Kier alpha value is -2.41. The minimum absolute atomic E-state index is 0.0451. The molecule has 0 unspecified atom stereocenters. The molecule has 2 aliphatic heterocycles. The van der Waals surface area contributed by atoms with Gasteiger partial charge in [-0.05, 0) is 24.6 Å². The van der Waals surface area contributed by atoms with Gasteiger partial charge in [0.25, 0.3) is 0 Å². The van der Waals surface area contributed by atoms with Crippen molar-refractivity contribution in [2.24, 2.45) is 0 Å². The summed E-state index contributed by atoms with van der Waals surface area (Å²) in [5.41, 5.74) is 2.42. The summed E-state index contributed by atoms with van der Waals surface area (Å²) in [5, 5.41) is 0. The fraction of sp³-hybridized carbons (Fsp3) is 0.480. The van der Waals surface area contributed by atoms with Crippen molar-refractivity contribution in [2.75, 3.05) is 64.0 Å². The van der Waals surface area contributed by atoms with E-state index >= 15 is 0 Å². The van der Waals surface area contributed by atoms with Crippen LogP contribution in [0.3, 0.4) is 0 Å². The molecule has 2 aromatic rings. The number of morpholine rings is 1. The Balaban J connectivity index is 1.59. The fourth-order valence-corrected chi connectivity index (χ4v) is 4.70. The van der Waals surface area contributed by atoms with Crippen molar-refractivity contribution in [3.8, 4) is 0 Å². The number of piperazine rings is 1. The molecule has 6 heteroatoms. The first-order valence-electron chi connectivity index (χ1n) is 11.4. The number of carbonyl (C=O) groups is 1. The van der Waals surface area contributed by atoms with Crippen LogP contribution in [0.25, 0.3) is 0 Å². The number of esters is 1. The van der Waals surface area contributed by atoms with Crippen LogP contribution >= 0.6 is 0 Å². The van der Waals surface area contributed by atoms with Crippen molar-refractivity contribution >= 4 is 11.7 Å². The Morgan fingerprint density at radius 1 is 0.871 bits per heavy atom. The zero-order chi connectivity index (χ0) is 21.5. The highest BCUT2D eigenvalue weighted by molar-refractivity contribution is 5.77. The molecule has 0 N–H and O–H groups in total. The number of carbonyl (C=O) groups excluding carboxylic acids is 1. The van der Waals surface area contributed by atoms with E-state index in [2.05, 4.69) is 69.3 Å². The van der Waals surface area contributed by atoms with Gasteiger partial charge in [-0.2, -0.15) is 0 Å². The highest BCUT2D eigenvalue weighted by Crippen LogP contribution is 2.31. The predicted octanol–water partition coefficient (Wildman–Crippen LogP) is 2.81. The number of ether oxygens (including phenoxy) is 2. The first-order valence-corrected chi connectivity index (χ1v) is 11.4. The van der Waals surface area contributed by atoms with Gasteiger partial charge in [0.15, 0.2) is 0 Å². The second-order valence-electron chi connectivity index (χ2n) is 8.06. The van der Waals surface area contributed by atoms with Gasteiger partial charge < -0.3 is 14.4 Å². The maximum absolute atomic E-state index is 13.2. The summed E-state index contributed by atoms with van der Waals surface area (Å²) in [6.07, 6.45) is 0. The Kier molecular flexibility index (Phi) is 7.57. The summed E-state index contributed by atoms with van der Waals surface area (Å²) in [5.74, 6) is -0.135.